The van der Waals surface area contributed by atoms with Crippen molar-refractivity contribution >= 4 is 29.1 Å². The Kier molecular flexibility index (Phi) is 12.8. The summed E-state index contributed by atoms with van der Waals surface area (Å²) >= 11 is 1.73. The number of rotatable bonds is 10. The first-order chi connectivity index (χ1) is 14.5. The molecule has 0 aliphatic carbocycles. The highest BCUT2D eigenvalue weighted by atomic mass is 35.5. The van der Waals surface area contributed by atoms with Gasteiger partial charge >= 0.3 is 5.69 Å². The van der Waals surface area contributed by atoms with E-state index in [9.17, 15) is 10.1 Å². The summed E-state index contributed by atoms with van der Waals surface area (Å²) < 4.78 is 5.83. The van der Waals surface area contributed by atoms with Crippen molar-refractivity contribution in [3.8, 4) is 0 Å². The number of aromatic nitrogens is 1. The monoisotopic (exact) mass is 506 g/mol. The van der Waals surface area contributed by atoms with Crippen molar-refractivity contribution in [1.82, 2.24) is 4.98 Å². The van der Waals surface area contributed by atoms with Crippen molar-refractivity contribution < 1.29 is 44.4 Å². The maximum Gasteiger partial charge on any atom is 0.311 e. The number of halogens is 2. The normalized spacial score (nSPS) is 13.8. The summed E-state index contributed by atoms with van der Waals surface area (Å²) in [6.45, 7) is 5.43. The van der Waals surface area contributed by atoms with Crippen molar-refractivity contribution in [2.24, 2.45) is 0 Å². The molecule has 0 atom stereocenters. The Morgan fingerprint density at radius 3 is 2.75 bits per heavy atom. The van der Waals surface area contributed by atoms with Gasteiger partial charge in [-0.05, 0) is 18.2 Å². The van der Waals surface area contributed by atoms with Crippen LogP contribution in [0.1, 0.15) is 17.9 Å². The fraction of sp³-hybridized carbons (Fsp3) is 0.550. The van der Waals surface area contributed by atoms with Gasteiger partial charge in [-0.1, -0.05) is 0 Å². The van der Waals surface area contributed by atoms with Crippen LogP contribution >= 0.6 is 11.8 Å². The van der Waals surface area contributed by atoms with E-state index in [0.29, 0.717) is 12.4 Å². The molecule has 1 fully saturated rings. The van der Waals surface area contributed by atoms with Gasteiger partial charge in [-0.25, -0.2) is 4.98 Å². The number of hydrogen-bond acceptors (Lipinski definition) is 7. The Hall–Kier alpha value is -1.72. The third-order valence-electron chi connectivity index (χ3n) is 4.85. The number of nitrogens with one attached hydrogen (secondary N) is 2. The molecule has 3 rings (SSSR count). The summed E-state index contributed by atoms with van der Waals surface area (Å²) in [4.78, 5) is 19.1. The minimum atomic E-state index is -0.375. The van der Waals surface area contributed by atoms with Crippen LogP contribution in [0.3, 0.4) is 0 Å². The predicted molar refractivity (Wildman–Crippen MR) is 119 cm³/mol. The second kappa shape index (κ2) is 14.4. The number of quaternary nitrogens is 2. The highest BCUT2D eigenvalue weighted by Gasteiger charge is 2.19. The second-order valence-corrected chi connectivity index (χ2v) is 8.84. The van der Waals surface area contributed by atoms with E-state index >= 15 is 0 Å². The Balaban J connectivity index is 0.00000256. The number of pyridine rings is 1. The van der Waals surface area contributed by atoms with Gasteiger partial charge in [-0.3, -0.25) is 10.1 Å². The number of hydrogen-bond donors (Lipinski definition) is 3. The lowest BCUT2D eigenvalue weighted by atomic mass is 10.3. The van der Waals surface area contributed by atoms with Crippen LogP contribution in [0.5, 0.6) is 0 Å². The van der Waals surface area contributed by atoms with Crippen LogP contribution in [0.4, 0.5) is 17.3 Å². The van der Waals surface area contributed by atoms with Crippen LogP contribution in [0.2, 0.25) is 0 Å². The van der Waals surface area contributed by atoms with Gasteiger partial charge in [0.05, 0.1) is 44.4 Å². The molecule has 0 saturated carbocycles. The topological polar surface area (TPSA) is 105 Å². The Bertz CT molecular complexity index is 831. The molecule has 9 nitrogen and oxygen atoms in total. The summed E-state index contributed by atoms with van der Waals surface area (Å²) in [5.74, 6) is 4.69. The summed E-state index contributed by atoms with van der Waals surface area (Å²) in [6, 6.07) is 7.37. The van der Waals surface area contributed by atoms with E-state index in [0.717, 1.165) is 68.0 Å². The van der Waals surface area contributed by atoms with E-state index in [4.69, 9.17) is 4.42 Å². The summed E-state index contributed by atoms with van der Waals surface area (Å²) in [5.41, 5.74) is 0.0204. The van der Waals surface area contributed by atoms with E-state index in [-0.39, 0.29) is 35.4 Å². The Morgan fingerprint density at radius 2 is 2.00 bits per heavy atom. The molecule has 0 unspecified atom stereocenters. The van der Waals surface area contributed by atoms with Gasteiger partial charge in [0.25, 0.3) is 0 Å². The van der Waals surface area contributed by atoms with Crippen molar-refractivity contribution in [1.29, 1.82) is 0 Å². The van der Waals surface area contributed by atoms with Crippen molar-refractivity contribution in [3.05, 3.63) is 45.9 Å². The maximum atomic E-state index is 11.4. The average molecular weight is 507 g/mol. The SMILES string of the molecule is C[NH+](C)Cc1ccc(CSCCNc2nc(N3CCC[NH2+]CC3)ccc2[N+](=O)[O-])o1.[Cl-].[Cl-]. The van der Waals surface area contributed by atoms with Gasteiger partial charge in [0.1, 0.15) is 18.1 Å². The molecular weight excluding hydrogens is 475 g/mol. The molecule has 3 heterocycles. The molecule has 32 heavy (non-hydrogen) atoms. The number of thioether (sulfide) groups is 1. The fourth-order valence-electron chi connectivity index (χ4n) is 3.41. The van der Waals surface area contributed by atoms with Gasteiger partial charge in [0, 0.05) is 31.3 Å². The van der Waals surface area contributed by atoms with Gasteiger partial charge in [-0.15, -0.1) is 0 Å². The summed E-state index contributed by atoms with van der Waals surface area (Å²) in [7, 11) is 4.19. The van der Waals surface area contributed by atoms with E-state index in [1.165, 1.54) is 4.90 Å². The fourth-order valence-corrected chi connectivity index (χ4v) is 4.16. The highest BCUT2D eigenvalue weighted by Crippen LogP contribution is 2.26. The molecule has 2 aromatic rings. The Morgan fingerprint density at radius 1 is 1.22 bits per heavy atom. The van der Waals surface area contributed by atoms with E-state index in [1.807, 2.05) is 12.1 Å². The van der Waals surface area contributed by atoms with Gasteiger partial charge in [-0.2, -0.15) is 11.8 Å². The minimum Gasteiger partial charge on any atom is -1.00 e. The molecule has 4 N–H and O–H groups in total. The van der Waals surface area contributed by atoms with E-state index in [2.05, 4.69) is 34.6 Å². The molecule has 0 radical (unpaired) electrons. The summed E-state index contributed by atoms with van der Waals surface area (Å²) in [5, 5.41) is 16.9. The highest BCUT2D eigenvalue weighted by molar-refractivity contribution is 7.98. The van der Waals surface area contributed by atoms with E-state index < -0.39 is 0 Å². The number of furan rings is 1. The molecule has 2 aromatic heterocycles. The lowest BCUT2D eigenvalue weighted by molar-refractivity contribution is -0.873. The third kappa shape index (κ3) is 8.67. The maximum absolute atomic E-state index is 11.4. The average Bonchev–Trinajstić information content (AvgIpc) is 2.97. The third-order valence-corrected chi connectivity index (χ3v) is 5.83. The second-order valence-electron chi connectivity index (χ2n) is 7.73. The number of nitrogens with two attached hydrogens (primary N) is 1. The quantitative estimate of drug-likeness (QED) is 0.167. The molecular formula is C20H32Cl2N6O3S. The lowest BCUT2D eigenvalue weighted by Gasteiger charge is -2.20. The summed E-state index contributed by atoms with van der Waals surface area (Å²) in [6.07, 6.45) is 1.09. The molecule has 180 valence electrons. The van der Waals surface area contributed by atoms with Gasteiger partial charge in [0.15, 0.2) is 5.76 Å². The first kappa shape index (κ1) is 28.3. The number of nitro groups is 1. The molecule has 12 heteroatoms. The first-order valence-electron chi connectivity index (χ1n) is 10.4. The molecule has 0 spiro atoms. The van der Waals surface area contributed by atoms with Gasteiger partial charge < -0.3 is 49.7 Å². The van der Waals surface area contributed by atoms with Crippen LogP contribution in [0.25, 0.3) is 0 Å². The van der Waals surface area contributed by atoms with Crippen LogP contribution in [0, 0.1) is 10.1 Å². The predicted octanol–water partition coefficient (Wildman–Crippen LogP) is -5.65. The van der Waals surface area contributed by atoms with Crippen molar-refractivity contribution in [3.63, 3.8) is 0 Å². The van der Waals surface area contributed by atoms with Crippen molar-refractivity contribution in [2.45, 2.75) is 18.7 Å². The van der Waals surface area contributed by atoms with Crippen LogP contribution in [-0.4, -0.2) is 62.5 Å². The Labute approximate surface area is 205 Å². The first-order valence-corrected chi connectivity index (χ1v) is 11.6. The zero-order chi connectivity index (χ0) is 21.3. The number of nitrogens with zero attached hydrogens (tertiary/aromatic N) is 3. The van der Waals surface area contributed by atoms with Crippen molar-refractivity contribution in [2.75, 3.05) is 62.8 Å². The number of anilines is 2. The molecule has 0 bridgehead atoms. The molecule has 0 amide bonds. The minimum absolute atomic E-state index is 0. The largest absolute Gasteiger partial charge is 1.00 e. The molecule has 1 aliphatic rings. The van der Waals surface area contributed by atoms with Crippen LogP contribution in [-0.2, 0) is 12.3 Å². The molecule has 1 aliphatic heterocycles. The van der Waals surface area contributed by atoms with Crippen LogP contribution in [0.15, 0.2) is 28.7 Å². The lowest BCUT2D eigenvalue weighted by Crippen LogP contribution is -3.04. The van der Waals surface area contributed by atoms with E-state index in [1.54, 1.807) is 23.9 Å². The zero-order valence-corrected chi connectivity index (χ0v) is 20.8. The molecule has 0 aromatic carbocycles. The molecule has 1 saturated heterocycles. The standard InChI is InChI=1S/C20H30N6O3S.2ClH/c1-24(2)14-16-4-5-17(29-16)15-30-13-10-22-20-18(26(27)28)6-7-19(23-20)25-11-3-8-21-9-12-25;;/h4-7,21H,3,8-15H2,1-2H3,(H,22,23);2*1H. The van der Waals surface area contributed by atoms with Gasteiger partial charge in [0.2, 0.25) is 5.82 Å². The van der Waals surface area contributed by atoms with Crippen LogP contribution < -0.4 is 45.2 Å². The smallest absolute Gasteiger partial charge is 0.311 e. The zero-order valence-electron chi connectivity index (χ0n) is 18.5.